The lowest BCUT2D eigenvalue weighted by atomic mass is 10.0. The number of aromatic hydroxyl groups is 1. The molecule has 13 heavy (non-hydrogen) atoms. The van der Waals surface area contributed by atoms with E-state index in [9.17, 15) is 5.11 Å². The summed E-state index contributed by atoms with van der Waals surface area (Å²) in [4.78, 5) is 0. The van der Waals surface area contributed by atoms with E-state index in [0.29, 0.717) is 5.75 Å². The number of fused-ring (bicyclic) bond motifs is 1. The molecule has 0 unspecified atom stereocenters. The molecule has 0 aliphatic carbocycles. The summed E-state index contributed by atoms with van der Waals surface area (Å²) in [5, 5.41) is 9.32. The fourth-order valence-corrected chi connectivity index (χ4v) is 2.23. The standard InChI is InChI=1S/C10H12BrNO/c11-12-5-1-2-8-6-10(13)4-3-9(8)7-12/h3-4,6,13H,1-2,5,7H2. The van der Waals surface area contributed by atoms with Crippen LogP contribution >= 0.6 is 16.1 Å². The zero-order valence-electron chi connectivity index (χ0n) is 7.33. The summed E-state index contributed by atoms with van der Waals surface area (Å²) in [6.45, 7) is 1.99. The second-order valence-corrected chi connectivity index (χ2v) is 4.40. The molecular formula is C10H12BrNO. The van der Waals surface area contributed by atoms with E-state index in [-0.39, 0.29) is 0 Å². The fraction of sp³-hybridized carbons (Fsp3) is 0.400. The van der Waals surface area contributed by atoms with Crippen molar-refractivity contribution in [3.8, 4) is 5.75 Å². The Bertz CT molecular complexity index is 314. The summed E-state index contributed by atoms with van der Waals surface area (Å²) in [6, 6.07) is 5.64. The minimum atomic E-state index is 0.377. The van der Waals surface area contributed by atoms with Crippen LogP contribution in [-0.2, 0) is 13.0 Å². The van der Waals surface area contributed by atoms with Crippen molar-refractivity contribution in [2.45, 2.75) is 19.4 Å². The molecule has 1 aromatic rings. The Kier molecular flexibility index (Phi) is 2.56. The van der Waals surface area contributed by atoms with Crippen LogP contribution < -0.4 is 0 Å². The van der Waals surface area contributed by atoms with Crippen LogP contribution in [0.5, 0.6) is 5.75 Å². The van der Waals surface area contributed by atoms with Crippen molar-refractivity contribution in [1.29, 1.82) is 0 Å². The first-order chi connectivity index (χ1) is 6.25. The van der Waals surface area contributed by atoms with Crippen LogP contribution in [0.15, 0.2) is 18.2 Å². The lowest BCUT2D eigenvalue weighted by Crippen LogP contribution is -2.09. The molecule has 0 amide bonds. The van der Waals surface area contributed by atoms with Crippen LogP contribution in [0.25, 0.3) is 0 Å². The predicted molar refractivity (Wildman–Crippen MR) is 55.8 cm³/mol. The average Bonchev–Trinajstić information content (AvgIpc) is 2.25. The molecule has 0 radical (unpaired) electrons. The molecule has 0 spiro atoms. The highest BCUT2D eigenvalue weighted by molar-refractivity contribution is 9.07. The summed E-state index contributed by atoms with van der Waals surface area (Å²) in [5.41, 5.74) is 2.59. The topological polar surface area (TPSA) is 23.5 Å². The second-order valence-electron chi connectivity index (χ2n) is 3.40. The first-order valence-electron chi connectivity index (χ1n) is 4.47. The monoisotopic (exact) mass is 241 g/mol. The molecule has 0 bridgehead atoms. The molecule has 2 rings (SSSR count). The molecule has 1 aromatic carbocycles. The summed E-state index contributed by atoms with van der Waals surface area (Å²) in [6.07, 6.45) is 2.20. The van der Waals surface area contributed by atoms with Crippen molar-refractivity contribution in [2.75, 3.05) is 6.54 Å². The van der Waals surface area contributed by atoms with E-state index in [1.54, 1.807) is 6.07 Å². The Morgan fingerprint density at radius 1 is 1.31 bits per heavy atom. The largest absolute Gasteiger partial charge is 0.508 e. The predicted octanol–water partition coefficient (Wildman–Crippen LogP) is 2.45. The zero-order valence-corrected chi connectivity index (χ0v) is 8.92. The van der Waals surface area contributed by atoms with Gasteiger partial charge in [-0.15, -0.1) is 0 Å². The number of halogens is 1. The molecule has 70 valence electrons. The van der Waals surface area contributed by atoms with Gasteiger partial charge in [-0.1, -0.05) is 6.07 Å². The normalized spacial score (nSPS) is 17.9. The third kappa shape index (κ3) is 2.03. The van der Waals surface area contributed by atoms with Crippen LogP contribution in [0.4, 0.5) is 0 Å². The fourth-order valence-electron chi connectivity index (χ4n) is 1.70. The first kappa shape index (κ1) is 9.03. The van der Waals surface area contributed by atoms with Crippen molar-refractivity contribution in [3.63, 3.8) is 0 Å². The van der Waals surface area contributed by atoms with Gasteiger partial charge >= 0.3 is 0 Å². The summed E-state index contributed by atoms with van der Waals surface area (Å²) in [7, 11) is 0. The quantitative estimate of drug-likeness (QED) is 0.706. The highest BCUT2D eigenvalue weighted by Crippen LogP contribution is 2.23. The number of phenolic OH excluding ortho intramolecular Hbond substituents is 1. The van der Waals surface area contributed by atoms with Crippen LogP contribution in [0.2, 0.25) is 0 Å². The molecule has 1 N–H and O–H groups in total. The third-order valence-electron chi connectivity index (χ3n) is 2.38. The van der Waals surface area contributed by atoms with Gasteiger partial charge in [-0.25, -0.2) is 3.93 Å². The summed E-state index contributed by atoms with van der Waals surface area (Å²) < 4.78 is 2.13. The van der Waals surface area contributed by atoms with Crippen molar-refractivity contribution in [3.05, 3.63) is 29.3 Å². The van der Waals surface area contributed by atoms with E-state index >= 15 is 0 Å². The van der Waals surface area contributed by atoms with E-state index in [2.05, 4.69) is 20.1 Å². The van der Waals surface area contributed by atoms with Gasteiger partial charge < -0.3 is 5.11 Å². The van der Waals surface area contributed by atoms with Gasteiger partial charge in [0.05, 0.1) is 0 Å². The molecule has 0 saturated carbocycles. The minimum absolute atomic E-state index is 0.377. The van der Waals surface area contributed by atoms with Gasteiger partial charge in [-0.3, -0.25) is 0 Å². The highest BCUT2D eigenvalue weighted by Gasteiger charge is 2.12. The van der Waals surface area contributed by atoms with Crippen molar-refractivity contribution >= 4 is 16.1 Å². The Morgan fingerprint density at radius 3 is 3.00 bits per heavy atom. The van der Waals surface area contributed by atoms with Gasteiger partial charge in [0.1, 0.15) is 5.75 Å². The second kappa shape index (κ2) is 3.68. The molecule has 2 nitrogen and oxygen atoms in total. The van der Waals surface area contributed by atoms with E-state index in [1.165, 1.54) is 11.1 Å². The molecule has 1 heterocycles. The van der Waals surface area contributed by atoms with Gasteiger partial charge in [0.15, 0.2) is 0 Å². The maximum atomic E-state index is 9.32. The maximum absolute atomic E-state index is 9.32. The molecule has 1 aliphatic rings. The lowest BCUT2D eigenvalue weighted by Gasteiger charge is -2.10. The molecule has 0 aromatic heterocycles. The molecule has 1 aliphatic heterocycles. The zero-order chi connectivity index (χ0) is 9.26. The van der Waals surface area contributed by atoms with Gasteiger partial charge in [0.2, 0.25) is 0 Å². The Hall–Kier alpha value is -0.540. The number of aryl methyl sites for hydroxylation is 1. The molecule has 0 saturated heterocycles. The van der Waals surface area contributed by atoms with Crippen LogP contribution in [0.3, 0.4) is 0 Å². The van der Waals surface area contributed by atoms with Crippen LogP contribution in [0.1, 0.15) is 17.5 Å². The lowest BCUT2D eigenvalue weighted by molar-refractivity contribution is 0.474. The van der Waals surface area contributed by atoms with E-state index in [0.717, 1.165) is 25.9 Å². The van der Waals surface area contributed by atoms with E-state index < -0.39 is 0 Å². The third-order valence-corrected chi connectivity index (χ3v) is 2.98. The van der Waals surface area contributed by atoms with Crippen LogP contribution in [-0.4, -0.2) is 15.6 Å². The summed E-state index contributed by atoms with van der Waals surface area (Å²) >= 11 is 3.50. The molecule has 3 heteroatoms. The highest BCUT2D eigenvalue weighted by atomic mass is 79.9. The molecular weight excluding hydrogens is 230 g/mol. The van der Waals surface area contributed by atoms with Crippen LogP contribution in [0, 0.1) is 0 Å². The number of benzene rings is 1. The minimum Gasteiger partial charge on any atom is -0.508 e. The molecule has 0 fully saturated rings. The van der Waals surface area contributed by atoms with Gasteiger partial charge in [-0.05, 0) is 36.1 Å². The van der Waals surface area contributed by atoms with Gasteiger partial charge in [0, 0.05) is 29.2 Å². The Balaban J connectivity index is 2.34. The average molecular weight is 242 g/mol. The number of hydrogen-bond acceptors (Lipinski definition) is 2. The Labute approximate surface area is 86.5 Å². The number of phenols is 1. The first-order valence-corrected chi connectivity index (χ1v) is 5.18. The van der Waals surface area contributed by atoms with Crippen molar-refractivity contribution in [2.24, 2.45) is 0 Å². The number of rotatable bonds is 0. The van der Waals surface area contributed by atoms with E-state index in [1.807, 2.05) is 12.1 Å². The number of nitrogens with zero attached hydrogens (tertiary/aromatic N) is 1. The SMILES string of the molecule is Oc1ccc2c(c1)CCCN(Br)C2. The van der Waals surface area contributed by atoms with Crippen molar-refractivity contribution < 1.29 is 5.11 Å². The number of hydrogen-bond donors (Lipinski definition) is 1. The van der Waals surface area contributed by atoms with Gasteiger partial charge in [-0.2, -0.15) is 0 Å². The maximum Gasteiger partial charge on any atom is 0.115 e. The Morgan fingerprint density at radius 2 is 2.15 bits per heavy atom. The van der Waals surface area contributed by atoms with Gasteiger partial charge in [0.25, 0.3) is 0 Å². The summed E-state index contributed by atoms with van der Waals surface area (Å²) in [5.74, 6) is 0.377. The smallest absolute Gasteiger partial charge is 0.115 e. The molecule has 0 atom stereocenters. The van der Waals surface area contributed by atoms with E-state index in [4.69, 9.17) is 0 Å². The van der Waals surface area contributed by atoms with Crippen molar-refractivity contribution in [1.82, 2.24) is 3.93 Å².